The van der Waals surface area contributed by atoms with Crippen molar-refractivity contribution in [3.8, 4) is 5.75 Å². The minimum atomic E-state index is 0.0806. The number of fused-ring (bicyclic) bond motifs is 5. The van der Waals surface area contributed by atoms with Gasteiger partial charge < -0.3 is 15.8 Å². The van der Waals surface area contributed by atoms with Gasteiger partial charge in [0.1, 0.15) is 17.1 Å². The van der Waals surface area contributed by atoms with E-state index in [1.807, 2.05) is 23.0 Å². The highest BCUT2D eigenvalue weighted by atomic mass is 16.5. The van der Waals surface area contributed by atoms with E-state index < -0.39 is 0 Å². The Morgan fingerprint density at radius 1 is 1.19 bits per heavy atom. The smallest absolute Gasteiger partial charge is 0.203 e. The van der Waals surface area contributed by atoms with E-state index in [1.54, 1.807) is 0 Å². The summed E-state index contributed by atoms with van der Waals surface area (Å²) in [5, 5.41) is 19.5. The molecule has 4 aromatic rings. The highest BCUT2D eigenvalue weighted by molar-refractivity contribution is 5.77. The fourth-order valence-electron chi connectivity index (χ4n) is 4.60. The van der Waals surface area contributed by atoms with E-state index in [0.29, 0.717) is 18.0 Å². The zero-order valence-electron chi connectivity index (χ0n) is 17.8. The molecule has 1 aliphatic carbocycles. The van der Waals surface area contributed by atoms with Gasteiger partial charge in [-0.05, 0) is 60.7 Å². The first-order valence-corrected chi connectivity index (χ1v) is 11.1. The summed E-state index contributed by atoms with van der Waals surface area (Å²) in [6.07, 6.45) is 7.36. The standard InChI is InChI=1S/C23H26N8O/c24-20-9-19(21-22(27-20)29-30-28-21)18-4-7-25-13-23(5-6-23)14-32-17-3-1-2-15(8-17)11-31-12-16(18)10-26-31/h1-3,8-10,12,18,25H,4-7,11,13-14H2,(H3,24,27,28,29,30). The van der Waals surface area contributed by atoms with E-state index in [-0.39, 0.29) is 11.3 Å². The predicted octanol–water partition coefficient (Wildman–Crippen LogP) is 2.46. The molecule has 4 heterocycles. The third-order valence-electron chi connectivity index (χ3n) is 6.63. The first-order valence-electron chi connectivity index (χ1n) is 11.1. The second kappa shape index (κ2) is 7.59. The Bertz CT molecular complexity index is 1260. The van der Waals surface area contributed by atoms with Crippen LogP contribution in [0.3, 0.4) is 0 Å². The SMILES string of the molecule is Nc1cc(C2CCNCC3(CC3)COc3cccc(c3)Cn3cc2cn3)c2n[nH]nc2n1. The molecule has 164 valence electrons. The number of ether oxygens (including phenoxy) is 1. The molecule has 1 aromatic carbocycles. The molecule has 4 bridgehead atoms. The molecule has 4 N–H and O–H groups in total. The fraction of sp³-hybridized carbons (Fsp3) is 0.391. The summed E-state index contributed by atoms with van der Waals surface area (Å²) in [6, 6.07) is 10.2. The van der Waals surface area contributed by atoms with Crippen LogP contribution >= 0.6 is 0 Å². The first-order chi connectivity index (χ1) is 15.7. The van der Waals surface area contributed by atoms with Gasteiger partial charge in [0.2, 0.25) is 5.65 Å². The Labute approximate surface area is 185 Å². The van der Waals surface area contributed by atoms with Crippen LogP contribution in [-0.2, 0) is 6.54 Å². The summed E-state index contributed by atoms with van der Waals surface area (Å²) >= 11 is 0. The van der Waals surface area contributed by atoms with Crippen molar-refractivity contribution in [1.82, 2.24) is 35.5 Å². The molecule has 32 heavy (non-hydrogen) atoms. The lowest BCUT2D eigenvalue weighted by molar-refractivity contribution is 0.229. The fourth-order valence-corrected chi connectivity index (χ4v) is 4.60. The van der Waals surface area contributed by atoms with Gasteiger partial charge in [-0.3, -0.25) is 4.68 Å². The maximum absolute atomic E-state index is 6.17. The number of rotatable bonds is 1. The van der Waals surface area contributed by atoms with E-state index in [2.05, 4.69) is 55.2 Å². The number of hydrogen-bond acceptors (Lipinski definition) is 7. The number of H-pyrrole nitrogens is 1. The number of nitrogens with one attached hydrogen (secondary N) is 2. The van der Waals surface area contributed by atoms with Crippen molar-refractivity contribution in [2.75, 3.05) is 25.4 Å². The van der Waals surface area contributed by atoms with Crippen LogP contribution in [0.5, 0.6) is 5.75 Å². The average molecular weight is 431 g/mol. The minimum absolute atomic E-state index is 0.0806. The Hall–Kier alpha value is -3.46. The van der Waals surface area contributed by atoms with Gasteiger partial charge in [0, 0.05) is 24.1 Å². The molecule has 9 heteroatoms. The Morgan fingerprint density at radius 3 is 3.03 bits per heavy atom. The number of nitrogen functional groups attached to an aromatic ring is 1. The van der Waals surface area contributed by atoms with Gasteiger partial charge in [-0.1, -0.05) is 12.1 Å². The number of aromatic nitrogens is 6. The lowest BCUT2D eigenvalue weighted by Gasteiger charge is -2.20. The van der Waals surface area contributed by atoms with Crippen LogP contribution in [0.1, 0.15) is 41.9 Å². The third-order valence-corrected chi connectivity index (χ3v) is 6.63. The second-order valence-electron chi connectivity index (χ2n) is 9.06. The molecule has 6 rings (SSSR count). The topological polar surface area (TPSA) is 120 Å². The molecule has 1 fully saturated rings. The average Bonchev–Trinajstić information content (AvgIpc) is 3.15. The van der Waals surface area contributed by atoms with E-state index in [9.17, 15) is 0 Å². The molecule has 2 aliphatic rings. The van der Waals surface area contributed by atoms with Crippen molar-refractivity contribution in [1.29, 1.82) is 0 Å². The molecule has 1 unspecified atom stereocenters. The highest BCUT2D eigenvalue weighted by Gasteiger charge is 2.43. The number of benzene rings is 1. The number of nitrogens with two attached hydrogens (primary N) is 1. The number of aromatic amines is 1. The summed E-state index contributed by atoms with van der Waals surface area (Å²) in [7, 11) is 0. The maximum atomic E-state index is 6.17. The van der Waals surface area contributed by atoms with Crippen molar-refractivity contribution in [3.63, 3.8) is 0 Å². The van der Waals surface area contributed by atoms with Gasteiger partial charge in [0.05, 0.1) is 19.3 Å². The Kier molecular flexibility index (Phi) is 4.57. The van der Waals surface area contributed by atoms with Crippen LogP contribution in [-0.4, -0.2) is 49.9 Å². The zero-order chi connectivity index (χ0) is 21.5. The van der Waals surface area contributed by atoms with Crippen LogP contribution in [0.2, 0.25) is 0 Å². The summed E-state index contributed by atoms with van der Waals surface area (Å²) in [6.45, 7) is 3.26. The summed E-state index contributed by atoms with van der Waals surface area (Å²) in [5.74, 6) is 1.45. The molecule has 9 nitrogen and oxygen atoms in total. The van der Waals surface area contributed by atoms with Crippen LogP contribution in [0, 0.1) is 5.41 Å². The quantitative estimate of drug-likeness (QED) is 0.424. The molecular weight excluding hydrogens is 404 g/mol. The molecule has 1 spiro atoms. The third kappa shape index (κ3) is 3.69. The Balaban J connectivity index is 1.38. The predicted molar refractivity (Wildman–Crippen MR) is 120 cm³/mol. The van der Waals surface area contributed by atoms with Crippen molar-refractivity contribution < 1.29 is 4.74 Å². The van der Waals surface area contributed by atoms with Gasteiger partial charge in [-0.15, -0.1) is 5.10 Å². The van der Waals surface area contributed by atoms with Crippen LogP contribution < -0.4 is 15.8 Å². The van der Waals surface area contributed by atoms with E-state index in [4.69, 9.17) is 10.5 Å². The molecule has 1 atom stereocenters. The monoisotopic (exact) mass is 430 g/mol. The summed E-state index contributed by atoms with van der Waals surface area (Å²) in [5.41, 5.74) is 11.0. The van der Waals surface area contributed by atoms with Crippen molar-refractivity contribution in [2.45, 2.75) is 31.7 Å². The van der Waals surface area contributed by atoms with E-state index in [0.717, 1.165) is 48.5 Å². The number of hydrogen-bond donors (Lipinski definition) is 3. The molecule has 0 saturated heterocycles. The van der Waals surface area contributed by atoms with Gasteiger partial charge >= 0.3 is 0 Å². The van der Waals surface area contributed by atoms with Crippen LogP contribution in [0.4, 0.5) is 5.82 Å². The van der Waals surface area contributed by atoms with Crippen LogP contribution in [0.25, 0.3) is 11.2 Å². The lowest BCUT2D eigenvalue weighted by atomic mass is 9.90. The molecule has 0 amide bonds. The number of anilines is 1. The number of pyridine rings is 1. The largest absolute Gasteiger partial charge is 0.493 e. The molecule has 1 aliphatic heterocycles. The first kappa shape index (κ1) is 19.2. The summed E-state index contributed by atoms with van der Waals surface area (Å²) in [4.78, 5) is 4.31. The van der Waals surface area contributed by atoms with Crippen molar-refractivity contribution in [2.24, 2.45) is 5.41 Å². The number of nitrogens with zero attached hydrogens (tertiary/aromatic N) is 5. The Morgan fingerprint density at radius 2 is 2.12 bits per heavy atom. The molecule has 3 aromatic heterocycles. The molecular formula is C23H26N8O. The van der Waals surface area contributed by atoms with Gasteiger partial charge in [0.15, 0.2) is 0 Å². The van der Waals surface area contributed by atoms with Gasteiger partial charge in [-0.25, -0.2) is 4.98 Å². The molecule has 1 saturated carbocycles. The van der Waals surface area contributed by atoms with Gasteiger partial charge in [0.25, 0.3) is 0 Å². The van der Waals surface area contributed by atoms with E-state index >= 15 is 0 Å². The highest BCUT2D eigenvalue weighted by Crippen LogP contribution is 2.45. The second-order valence-corrected chi connectivity index (χ2v) is 9.06. The normalized spacial score (nSPS) is 20.4. The maximum Gasteiger partial charge on any atom is 0.203 e. The van der Waals surface area contributed by atoms with Crippen molar-refractivity contribution in [3.05, 3.63) is 59.4 Å². The minimum Gasteiger partial charge on any atom is -0.493 e. The summed E-state index contributed by atoms with van der Waals surface area (Å²) < 4.78 is 8.14. The van der Waals surface area contributed by atoms with Crippen LogP contribution in [0.15, 0.2) is 42.7 Å². The van der Waals surface area contributed by atoms with Gasteiger partial charge in [-0.2, -0.15) is 15.4 Å². The lowest BCUT2D eigenvalue weighted by Crippen LogP contribution is -2.30. The van der Waals surface area contributed by atoms with E-state index in [1.165, 1.54) is 18.4 Å². The van der Waals surface area contributed by atoms with Crippen molar-refractivity contribution >= 4 is 17.0 Å². The molecule has 0 radical (unpaired) electrons. The zero-order valence-corrected chi connectivity index (χ0v) is 17.8.